The molecule has 1 aromatic carbocycles. The van der Waals surface area contributed by atoms with E-state index in [9.17, 15) is 23.1 Å². The molecule has 0 amide bonds. The van der Waals surface area contributed by atoms with Crippen LogP contribution in [0.1, 0.15) is 11.3 Å². The number of carbonyl (C=O) groups is 1. The van der Waals surface area contributed by atoms with E-state index < -0.39 is 23.9 Å². The molecule has 2 aromatic heterocycles. The van der Waals surface area contributed by atoms with Crippen molar-refractivity contribution in [2.24, 2.45) is 0 Å². The van der Waals surface area contributed by atoms with E-state index in [0.717, 1.165) is 17.8 Å². The van der Waals surface area contributed by atoms with Gasteiger partial charge >= 0.3 is 12.1 Å². The van der Waals surface area contributed by atoms with E-state index in [-0.39, 0.29) is 12.5 Å². The summed E-state index contributed by atoms with van der Waals surface area (Å²) in [6.07, 6.45) is -2.09. The van der Waals surface area contributed by atoms with Crippen LogP contribution in [-0.2, 0) is 17.5 Å². The summed E-state index contributed by atoms with van der Waals surface area (Å²) in [5.74, 6) is -1.55. The molecule has 0 aliphatic heterocycles. The summed E-state index contributed by atoms with van der Waals surface area (Å²) in [6, 6.07) is 6.00. The second-order valence-corrected chi connectivity index (χ2v) is 6.28. The lowest BCUT2D eigenvalue weighted by Crippen LogP contribution is -2.25. The maximum absolute atomic E-state index is 12.8. The highest BCUT2D eigenvalue weighted by atomic mass is 19.4. The largest absolute Gasteiger partial charge is 0.479 e. The molecule has 1 atom stereocenters. The zero-order chi connectivity index (χ0) is 21.2. The van der Waals surface area contributed by atoms with Crippen molar-refractivity contribution in [3.05, 3.63) is 54.1 Å². The van der Waals surface area contributed by atoms with Crippen molar-refractivity contribution in [2.75, 3.05) is 5.32 Å². The van der Waals surface area contributed by atoms with Gasteiger partial charge in [-0.25, -0.2) is 14.8 Å². The smallest absolute Gasteiger partial charge is 0.433 e. The molecule has 3 aromatic rings. The lowest BCUT2D eigenvalue weighted by molar-refractivity contribution is -0.147. The molecule has 8 nitrogen and oxygen atoms in total. The standard InChI is InChI=1S/C18H16F3N5O3/c1-10-4-11(12-7-23-26(8-12)9-14(27)16(28)29)6-13(5-10)24-17-22-3-2-15(25-17)18(19,20)21/h2-8,14,27H,9H2,1H3,(H,28,29)(H,22,24,25)/t14-/m0/s1. The molecule has 0 aliphatic rings. The predicted molar refractivity (Wildman–Crippen MR) is 96.4 cm³/mol. The lowest BCUT2D eigenvalue weighted by atomic mass is 10.1. The monoisotopic (exact) mass is 407 g/mol. The van der Waals surface area contributed by atoms with Crippen LogP contribution in [0.15, 0.2) is 42.9 Å². The first-order chi connectivity index (χ1) is 13.6. The van der Waals surface area contributed by atoms with Gasteiger partial charge in [0.1, 0.15) is 5.69 Å². The summed E-state index contributed by atoms with van der Waals surface area (Å²) in [7, 11) is 0. The molecule has 0 fully saturated rings. The van der Waals surface area contributed by atoms with Gasteiger partial charge < -0.3 is 15.5 Å². The Morgan fingerprint density at radius 2 is 2.03 bits per heavy atom. The van der Waals surface area contributed by atoms with E-state index in [1.54, 1.807) is 25.3 Å². The zero-order valence-electron chi connectivity index (χ0n) is 15.1. The summed E-state index contributed by atoms with van der Waals surface area (Å²) < 4.78 is 39.7. The summed E-state index contributed by atoms with van der Waals surface area (Å²) in [5, 5.41) is 25.0. The lowest BCUT2D eigenvalue weighted by Gasteiger charge is -2.10. The van der Waals surface area contributed by atoms with Gasteiger partial charge in [-0.3, -0.25) is 4.68 Å². The van der Waals surface area contributed by atoms with Crippen LogP contribution in [0, 0.1) is 6.92 Å². The van der Waals surface area contributed by atoms with Crippen molar-refractivity contribution in [2.45, 2.75) is 25.7 Å². The highest BCUT2D eigenvalue weighted by molar-refractivity contribution is 5.72. The molecule has 0 bridgehead atoms. The maximum atomic E-state index is 12.8. The van der Waals surface area contributed by atoms with Gasteiger partial charge in [0.2, 0.25) is 5.95 Å². The Labute approximate surface area is 162 Å². The molecule has 0 spiro atoms. The Kier molecular flexibility index (Phi) is 5.50. The fourth-order valence-electron chi connectivity index (χ4n) is 2.60. The molecular formula is C18H16F3N5O3. The topological polar surface area (TPSA) is 113 Å². The molecular weight excluding hydrogens is 391 g/mol. The highest BCUT2D eigenvalue weighted by Gasteiger charge is 2.32. The van der Waals surface area contributed by atoms with Crippen molar-refractivity contribution in [3.8, 4) is 11.1 Å². The summed E-state index contributed by atoms with van der Waals surface area (Å²) in [6.45, 7) is 1.59. The Morgan fingerprint density at radius 3 is 2.72 bits per heavy atom. The molecule has 3 rings (SSSR count). The molecule has 3 N–H and O–H groups in total. The highest BCUT2D eigenvalue weighted by Crippen LogP contribution is 2.29. The molecule has 0 saturated carbocycles. The number of aliphatic hydroxyl groups excluding tert-OH is 1. The van der Waals surface area contributed by atoms with E-state index in [1.165, 1.54) is 10.9 Å². The van der Waals surface area contributed by atoms with Crippen molar-refractivity contribution < 1.29 is 28.2 Å². The number of anilines is 2. The van der Waals surface area contributed by atoms with Crippen molar-refractivity contribution in [3.63, 3.8) is 0 Å². The van der Waals surface area contributed by atoms with Crippen LogP contribution in [0.3, 0.4) is 0 Å². The normalized spacial score (nSPS) is 12.6. The Morgan fingerprint density at radius 1 is 1.28 bits per heavy atom. The minimum atomic E-state index is -4.58. The Balaban J connectivity index is 1.84. The number of carboxylic acid groups (broad SMARTS) is 1. The number of rotatable bonds is 6. The van der Waals surface area contributed by atoms with Gasteiger partial charge in [0.25, 0.3) is 0 Å². The van der Waals surface area contributed by atoms with Gasteiger partial charge in [-0.15, -0.1) is 0 Å². The number of aliphatic carboxylic acids is 1. The number of carboxylic acids is 1. The SMILES string of the molecule is Cc1cc(Nc2nccc(C(F)(F)F)n2)cc(-c2cnn(C[C@H](O)C(=O)O)c2)c1. The number of halogens is 3. The number of aromatic nitrogens is 4. The number of hydrogen-bond donors (Lipinski definition) is 3. The number of alkyl halides is 3. The first-order valence-electron chi connectivity index (χ1n) is 8.34. The van der Waals surface area contributed by atoms with Crippen molar-refractivity contribution in [1.82, 2.24) is 19.7 Å². The molecule has 0 aliphatic carbocycles. The number of benzene rings is 1. The van der Waals surface area contributed by atoms with Crippen LogP contribution in [-0.4, -0.2) is 42.0 Å². The van der Waals surface area contributed by atoms with Gasteiger partial charge in [-0.2, -0.15) is 18.3 Å². The molecule has 0 unspecified atom stereocenters. The number of nitrogens with zero attached hydrogens (tertiary/aromatic N) is 4. The van der Waals surface area contributed by atoms with Crippen LogP contribution in [0.4, 0.5) is 24.8 Å². The third kappa shape index (κ3) is 5.08. The second-order valence-electron chi connectivity index (χ2n) is 6.28. The maximum Gasteiger partial charge on any atom is 0.433 e. The Hall–Kier alpha value is -3.47. The quantitative estimate of drug-likeness (QED) is 0.576. The molecule has 11 heteroatoms. The molecule has 2 heterocycles. The predicted octanol–water partition coefficient (Wildman–Crippen LogP) is 2.86. The average Bonchev–Trinajstić information content (AvgIpc) is 3.09. The number of nitrogens with one attached hydrogen (secondary N) is 1. The first-order valence-corrected chi connectivity index (χ1v) is 8.34. The van der Waals surface area contributed by atoms with Crippen molar-refractivity contribution in [1.29, 1.82) is 0 Å². The third-order valence-electron chi connectivity index (χ3n) is 3.89. The van der Waals surface area contributed by atoms with E-state index >= 15 is 0 Å². The number of hydrogen-bond acceptors (Lipinski definition) is 6. The van der Waals surface area contributed by atoms with E-state index in [2.05, 4.69) is 20.4 Å². The van der Waals surface area contributed by atoms with Crippen LogP contribution in [0.2, 0.25) is 0 Å². The second kappa shape index (κ2) is 7.87. The van der Waals surface area contributed by atoms with Gasteiger partial charge in [0, 0.05) is 23.6 Å². The minimum absolute atomic E-state index is 0.198. The molecule has 0 radical (unpaired) electrons. The van der Waals surface area contributed by atoms with Crippen molar-refractivity contribution >= 4 is 17.6 Å². The summed E-state index contributed by atoms with van der Waals surface area (Å²) in [5.41, 5.74) is 1.56. The fourth-order valence-corrected chi connectivity index (χ4v) is 2.60. The van der Waals surface area contributed by atoms with Crippen LogP contribution in [0.5, 0.6) is 0 Å². The van der Waals surface area contributed by atoms with Gasteiger partial charge in [0.15, 0.2) is 6.10 Å². The third-order valence-corrected chi connectivity index (χ3v) is 3.89. The van der Waals surface area contributed by atoms with Gasteiger partial charge in [0.05, 0.1) is 12.7 Å². The van der Waals surface area contributed by atoms with Crippen LogP contribution < -0.4 is 5.32 Å². The zero-order valence-corrected chi connectivity index (χ0v) is 15.1. The average molecular weight is 407 g/mol. The molecule has 0 saturated heterocycles. The van der Waals surface area contributed by atoms with E-state index in [4.69, 9.17) is 5.11 Å². The fraction of sp³-hybridized carbons (Fsp3) is 0.222. The van der Waals surface area contributed by atoms with E-state index in [0.29, 0.717) is 16.8 Å². The van der Waals surface area contributed by atoms with Crippen LogP contribution in [0.25, 0.3) is 11.1 Å². The first kappa shape index (κ1) is 20.3. The molecule has 152 valence electrons. The van der Waals surface area contributed by atoms with Gasteiger partial charge in [-0.1, -0.05) is 6.07 Å². The summed E-state index contributed by atoms with van der Waals surface area (Å²) in [4.78, 5) is 18.0. The number of aryl methyl sites for hydroxylation is 1. The minimum Gasteiger partial charge on any atom is -0.479 e. The molecule has 29 heavy (non-hydrogen) atoms. The van der Waals surface area contributed by atoms with E-state index in [1.807, 2.05) is 6.07 Å². The van der Waals surface area contributed by atoms with Gasteiger partial charge in [-0.05, 0) is 36.2 Å². The number of aliphatic hydroxyl groups is 1. The summed E-state index contributed by atoms with van der Waals surface area (Å²) >= 11 is 0. The van der Waals surface area contributed by atoms with Crippen LogP contribution >= 0.6 is 0 Å². The Bertz CT molecular complexity index is 1040.